The number of rotatable bonds is 9. The van der Waals surface area contributed by atoms with Crippen molar-refractivity contribution >= 4 is 47.0 Å². The largest absolute Gasteiger partial charge is 0.477 e. The summed E-state index contributed by atoms with van der Waals surface area (Å²) in [6.45, 7) is 4.82. The number of amides is 2. The molecule has 40 heavy (non-hydrogen) atoms. The molecule has 14 heteroatoms. The lowest BCUT2D eigenvalue weighted by Crippen LogP contribution is -2.71. The lowest BCUT2D eigenvalue weighted by atomic mass is 10.0. The van der Waals surface area contributed by atoms with Gasteiger partial charge in [-0.25, -0.2) is 19.1 Å². The molecule has 4 heterocycles. The number of carbonyl (C=O) groups excluding carboxylic acids is 3. The standard InChI is InChI=1S/C26H28N6O7S/c1-26(2,3)39-18(33)13-38-30-19(16-8-7-9-17(27)28-16)22(34)29-20-23(35)32-21(25(36)37)15(14-40-24(20)32)12-31-10-5-4-6-11-31/h4-11,20,24H,12-14H2,1-3H3,(H3-,27,28,29,34,36,37)/p+1/t20?,24-/m0/s1. The van der Waals surface area contributed by atoms with Crippen LogP contribution < -0.4 is 15.6 Å². The molecule has 2 aromatic heterocycles. The van der Waals surface area contributed by atoms with Gasteiger partial charge in [-0.15, -0.1) is 11.8 Å². The number of oxime groups is 1. The third kappa shape index (κ3) is 6.57. The fraction of sp³-hybridized carbons (Fsp3) is 0.346. The van der Waals surface area contributed by atoms with E-state index >= 15 is 0 Å². The summed E-state index contributed by atoms with van der Waals surface area (Å²) in [6, 6.07) is 9.01. The van der Waals surface area contributed by atoms with Gasteiger partial charge in [0.1, 0.15) is 34.2 Å². The van der Waals surface area contributed by atoms with Gasteiger partial charge in [0.15, 0.2) is 24.7 Å². The van der Waals surface area contributed by atoms with Gasteiger partial charge in [-0.2, -0.15) is 0 Å². The number of nitrogen functional groups attached to an aromatic ring is 1. The van der Waals surface area contributed by atoms with Gasteiger partial charge in [-0.3, -0.25) is 14.5 Å². The van der Waals surface area contributed by atoms with Crippen molar-refractivity contribution < 1.29 is 38.4 Å². The Labute approximate surface area is 234 Å². The summed E-state index contributed by atoms with van der Waals surface area (Å²) in [4.78, 5) is 60.9. The van der Waals surface area contributed by atoms with Gasteiger partial charge >= 0.3 is 11.9 Å². The Morgan fingerprint density at radius 1 is 1.23 bits per heavy atom. The van der Waals surface area contributed by atoms with E-state index in [0.29, 0.717) is 17.9 Å². The van der Waals surface area contributed by atoms with Crippen LogP contribution in [0.4, 0.5) is 5.82 Å². The van der Waals surface area contributed by atoms with Gasteiger partial charge < -0.3 is 25.7 Å². The van der Waals surface area contributed by atoms with E-state index < -0.39 is 47.4 Å². The average molecular weight is 570 g/mol. The average Bonchev–Trinajstić information content (AvgIpc) is 2.88. The third-order valence-electron chi connectivity index (χ3n) is 5.67. The number of β-lactam (4-membered cyclic amide) rings is 1. The van der Waals surface area contributed by atoms with Gasteiger partial charge in [0.2, 0.25) is 6.61 Å². The Morgan fingerprint density at radius 2 is 1.95 bits per heavy atom. The number of ether oxygens (including phenoxy) is 1. The van der Waals surface area contributed by atoms with Crippen LogP contribution >= 0.6 is 11.8 Å². The number of nitrogens with two attached hydrogens (primary N) is 1. The second-order valence-corrected chi connectivity index (χ2v) is 11.0. The minimum atomic E-state index is -1.23. The third-order valence-corrected chi connectivity index (χ3v) is 7.01. The number of anilines is 1. The number of aliphatic carboxylic acids is 1. The number of thioether (sulfide) groups is 1. The SMILES string of the molecule is CC(C)(C)OC(=O)CON=C(C(=O)NC1C(=O)N2C(C(=O)O)=C(C[n+]3ccccc3)CS[C@@H]12)c1cccc(N)n1. The maximum absolute atomic E-state index is 13.3. The molecule has 2 aliphatic heterocycles. The normalized spacial score (nSPS) is 18.9. The molecule has 1 saturated heterocycles. The molecule has 1 fully saturated rings. The molecule has 0 bridgehead atoms. The highest BCUT2D eigenvalue weighted by atomic mass is 32.2. The molecular weight excluding hydrogens is 540 g/mol. The molecule has 13 nitrogen and oxygen atoms in total. The highest BCUT2D eigenvalue weighted by molar-refractivity contribution is 8.00. The second kappa shape index (κ2) is 11.7. The van der Waals surface area contributed by atoms with Crippen LogP contribution in [0.2, 0.25) is 0 Å². The first-order chi connectivity index (χ1) is 18.9. The molecule has 2 aliphatic rings. The summed E-state index contributed by atoms with van der Waals surface area (Å²) in [5.74, 6) is -2.85. The zero-order chi connectivity index (χ0) is 29.0. The number of pyridine rings is 2. The van der Waals surface area contributed by atoms with Crippen molar-refractivity contribution in [2.24, 2.45) is 5.16 Å². The van der Waals surface area contributed by atoms with Gasteiger partial charge in [0.05, 0.1) is 0 Å². The van der Waals surface area contributed by atoms with Crippen molar-refractivity contribution in [3.8, 4) is 0 Å². The van der Waals surface area contributed by atoms with Crippen molar-refractivity contribution in [2.75, 3.05) is 18.1 Å². The molecule has 4 N–H and O–H groups in total. The summed E-state index contributed by atoms with van der Waals surface area (Å²) < 4.78 is 6.99. The van der Waals surface area contributed by atoms with Crippen LogP contribution in [0, 0.1) is 0 Å². The highest BCUT2D eigenvalue weighted by Gasteiger charge is 2.54. The lowest BCUT2D eigenvalue weighted by Gasteiger charge is -2.49. The summed E-state index contributed by atoms with van der Waals surface area (Å²) in [6.07, 6.45) is 3.61. The molecule has 1 unspecified atom stereocenters. The number of nitrogens with one attached hydrogen (secondary N) is 1. The van der Waals surface area contributed by atoms with E-state index in [1.165, 1.54) is 28.8 Å². The Kier molecular flexibility index (Phi) is 8.38. The van der Waals surface area contributed by atoms with Crippen LogP contribution in [0.15, 0.2) is 65.2 Å². The van der Waals surface area contributed by atoms with Crippen LogP contribution in [0.5, 0.6) is 0 Å². The minimum absolute atomic E-state index is 0.0508. The molecule has 0 aromatic carbocycles. The molecule has 210 valence electrons. The number of fused-ring (bicyclic) bond motifs is 1. The first kappa shape index (κ1) is 28.5. The number of nitrogens with zero attached hydrogens (tertiary/aromatic N) is 4. The number of esters is 1. The highest BCUT2D eigenvalue weighted by Crippen LogP contribution is 2.40. The van der Waals surface area contributed by atoms with E-state index in [4.69, 9.17) is 15.3 Å². The van der Waals surface area contributed by atoms with Gasteiger partial charge in [-0.05, 0) is 32.9 Å². The number of hydrogen-bond donors (Lipinski definition) is 3. The summed E-state index contributed by atoms with van der Waals surface area (Å²) in [5.41, 5.74) is 5.23. The predicted molar refractivity (Wildman–Crippen MR) is 143 cm³/mol. The molecule has 0 spiro atoms. The summed E-state index contributed by atoms with van der Waals surface area (Å²) >= 11 is 1.34. The monoisotopic (exact) mass is 569 g/mol. The van der Waals surface area contributed by atoms with E-state index in [-0.39, 0.29) is 22.9 Å². The van der Waals surface area contributed by atoms with Crippen LogP contribution in [-0.4, -0.2) is 73.8 Å². The molecule has 4 rings (SSSR count). The Hall–Kier alpha value is -4.46. The molecular formula is C26H29N6O7S+. The number of aromatic nitrogens is 2. The zero-order valence-electron chi connectivity index (χ0n) is 22.1. The Balaban J connectivity index is 1.51. The number of carbonyl (C=O) groups is 4. The van der Waals surface area contributed by atoms with Crippen LogP contribution in [0.3, 0.4) is 0 Å². The van der Waals surface area contributed by atoms with Crippen molar-refractivity contribution in [3.63, 3.8) is 0 Å². The van der Waals surface area contributed by atoms with E-state index in [1.807, 2.05) is 22.8 Å². The molecule has 2 amide bonds. The predicted octanol–water partition coefficient (Wildman–Crippen LogP) is 0.453. The lowest BCUT2D eigenvalue weighted by molar-refractivity contribution is -0.689. The van der Waals surface area contributed by atoms with Gasteiger partial charge in [-0.1, -0.05) is 17.3 Å². The van der Waals surface area contributed by atoms with Crippen molar-refractivity contribution in [3.05, 3.63) is 65.8 Å². The fourth-order valence-electron chi connectivity index (χ4n) is 4.08. The van der Waals surface area contributed by atoms with E-state index in [1.54, 1.807) is 39.2 Å². The minimum Gasteiger partial charge on any atom is -0.477 e. The van der Waals surface area contributed by atoms with Crippen molar-refractivity contribution in [1.82, 2.24) is 15.2 Å². The second-order valence-electron chi connectivity index (χ2n) is 9.91. The quantitative estimate of drug-likeness (QED) is 0.126. The molecule has 0 saturated carbocycles. The maximum atomic E-state index is 13.3. The van der Waals surface area contributed by atoms with Crippen LogP contribution in [-0.2, 0) is 35.3 Å². The molecule has 2 atom stereocenters. The Morgan fingerprint density at radius 3 is 2.60 bits per heavy atom. The van der Waals surface area contributed by atoms with E-state index in [0.717, 1.165) is 0 Å². The van der Waals surface area contributed by atoms with Crippen LogP contribution in [0.25, 0.3) is 0 Å². The first-order valence-corrected chi connectivity index (χ1v) is 13.3. The van der Waals surface area contributed by atoms with E-state index in [9.17, 15) is 24.3 Å². The number of carboxylic acids is 1. The van der Waals surface area contributed by atoms with Crippen molar-refractivity contribution in [1.29, 1.82) is 0 Å². The first-order valence-electron chi connectivity index (χ1n) is 12.2. The maximum Gasteiger partial charge on any atom is 0.352 e. The van der Waals surface area contributed by atoms with Gasteiger partial charge in [0.25, 0.3) is 11.8 Å². The smallest absolute Gasteiger partial charge is 0.352 e. The number of carboxylic acid groups (broad SMARTS) is 1. The topological polar surface area (TPSA) is 177 Å². The molecule has 0 aliphatic carbocycles. The van der Waals surface area contributed by atoms with Crippen molar-refractivity contribution in [2.45, 2.75) is 44.3 Å². The van der Waals surface area contributed by atoms with E-state index in [2.05, 4.69) is 15.5 Å². The van der Waals surface area contributed by atoms with Gasteiger partial charge in [0, 0.05) is 23.5 Å². The zero-order valence-corrected chi connectivity index (χ0v) is 22.9. The number of hydrogen-bond acceptors (Lipinski definition) is 10. The summed E-state index contributed by atoms with van der Waals surface area (Å²) in [5, 5.41) is 15.7. The Bertz CT molecular complexity index is 1390. The molecule has 0 radical (unpaired) electrons. The fourth-order valence-corrected chi connectivity index (χ4v) is 5.42. The molecule has 2 aromatic rings. The van der Waals surface area contributed by atoms with Crippen LogP contribution in [0.1, 0.15) is 26.5 Å². The summed E-state index contributed by atoms with van der Waals surface area (Å²) in [7, 11) is 0.